The molecule has 0 bridgehead atoms. The van der Waals surface area contributed by atoms with E-state index in [2.05, 4.69) is 25.1 Å². The molecule has 1 N–H and O–H groups in total. The number of hydrogen-bond donors (Lipinski definition) is 1. The van der Waals surface area contributed by atoms with Crippen LogP contribution >= 0.6 is 0 Å². The molecule has 2 heteroatoms. The van der Waals surface area contributed by atoms with Gasteiger partial charge < -0.3 is 5.32 Å². The van der Waals surface area contributed by atoms with Gasteiger partial charge in [0.15, 0.2) is 5.78 Å². The molecule has 114 valence electrons. The van der Waals surface area contributed by atoms with Gasteiger partial charge in [0.2, 0.25) is 0 Å². The van der Waals surface area contributed by atoms with E-state index >= 15 is 0 Å². The Hall–Kier alpha value is -2.79. The Morgan fingerprint density at radius 3 is 2.65 bits per heavy atom. The molecule has 1 heterocycles. The van der Waals surface area contributed by atoms with E-state index in [1.54, 1.807) is 6.08 Å². The Kier molecular flexibility index (Phi) is 3.80. The second-order valence-electron chi connectivity index (χ2n) is 6.49. The van der Waals surface area contributed by atoms with E-state index < -0.39 is 0 Å². The van der Waals surface area contributed by atoms with Crippen molar-refractivity contribution in [2.45, 2.75) is 25.8 Å². The van der Waals surface area contributed by atoms with E-state index in [9.17, 15) is 4.79 Å². The maximum atomic E-state index is 12.5. The molecule has 23 heavy (non-hydrogen) atoms. The van der Waals surface area contributed by atoms with E-state index in [0.717, 1.165) is 23.2 Å². The van der Waals surface area contributed by atoms with Gasteiger partial charge in [-0.2, -0.15) is 0 Å². The lowest BCUT2D eigenvalue weighted by atomic mass is 9.84. The van der Waals surface area contributed by atoms with E-state index in [0.29, 0.717) is 5.56 Å². The van der Waals surface area contributed by atoms with Crippen molar-refractivity contribution in [3.05, 3.63) is 76.9 Å². The first kappa shape index (κ1) is 15.1. The fraction of sp³-hybridized carbons (Fsp3) is 0.190. The molecule has 2 nitrogen and oxygen atoms in total. The molecule has 2 aromatic carbocycles. The quantitative estimate of drug-likeness (QED) is 0.519. The van der Waals surface area contributed by atoms with Crippen LogP contribution in [-0.4, -0.2) is 11.3 Å². The molecule has 0 fully saturated rings. The van der Waals surface area contributed by atoms with Crippen LogP contribution in [0.5, 0.6) is 0 Å². The maximum Gasteiger partial charge on any atom is 0.187 e. The SMILES string of the molecule is C#Cc1ccc2c(c1)CC(C)(C)N/C2=C\C(=O)c1ccccc1. The minimum atomic E-state index is -0.122. The number of rotatable bonds is 2. The third-order valence-corrected chi connectivity index (χ3v) is 4.00. The number of ketones is 1. The highest BCUT2D eigenvalue weighted by Crippen LogP contribution is 2.30. The summed E-state index contributed by atoms with van der Waals surface area (Å²) in [4.78, 5) is 12.5. The molecule has 0 unspecified atom stereocenters. The third kappa shape index (κ3) is 3.19. The van der Waals surface area contributed by atoms with E-state index in [1.807, 2.05) is 48.5 Å². The summed E-state index contributed by atoms with van der Waals surface area (Å²) in [7, 11) is 0. The van der Waals surface area contributed by atoms with Gasteiger partial charge in [0, 0.05) is 34.0 Å². The molecule has 1 aliphatic heterocycles. The average Bonchev–Trinajstić information content (AvgIpc) is 2.54. The zero-order valence-electron chi connectivity index (χ0n) is 13.4. The Bertz CT molecular complexity index is 823. The summed E-state index contributed by atoms with van der Waals surface area (Å²) in [6.45, 7) is 4.25. The van der Waals surface area contributed by atoms with Crippen LogP contribution in [-0.2, 0) is 6.42 Å². The molecule has 0 aliphatic carbocycles. The third-order valence-electron chi connectivity index (χ3n) is 4.00. The van der Waals surface area contributed by atoms with Crippen LogP contribution in [0.2, 0.25) is 0 Å². The Morgan fingerprint density at radius 2 is 1.96 bits per heavy atom. The number of nitrogens with one attached hydrogen (secondary N) is 1. The molecule has 0 aromatic heterocycles. The normalized spacial score (nSPS) is 17.0. The van der Waals surface area contributed by atoms with E-state index in [1.165, 1.54) is 5.56 Å². The van der Waals surface area contributed by atoms with Gasteiger partial charge in [0.1, 0.15) is 0 Å². The van der Waals surface area contributed by atoms with Gasteiger partial charge in [-0.3, -0.25) is 4.79 Å². The van der Waals surface area contributed by atoms with Crippen LogP contribution in [0.15, 0.2) is 54.6 Å². The highest BCUT2D eigenvalue weighted by atomic mass is 16.1. The molecule has 0 spiro atoms. The molecule has 0 saturated carbocycles. The monoisotopic (exact) mass is 301 g/mol. The van der Waals surface area contributed by atoms with Crippen molar-refractivity contribution >= 4 is 11.5 Å². The van der Waals surface area contributed by atoms with Crippen LogP contribution in [0.25, 0.3) is 5.70 Å². The predicted molar refractivity (Wildman–Crippen MR) is 94.0 cm³/mol. The van der Waals surface area contributed by atoms with Crippen LogP contribution in [0, 0.1) is 12.3 Å². The van der Waals surface area contributed by atoms with Gasteiger partial charge in [0.25, 0.3) is 0 Å². The summed E-state index contributed by atoms with van der Waals surface area (Å²) < 4.78 is 0. The summed E-state index contributed by atoms with van der Waals surface area (Å²) in [5.74, 6) is 2.68. The van der Waals surface area contributed by atoms with Crippen molar-refractivity contribution in [2.24, 2.45) is 0 Å². The van der Waals surface area contributed by atoms with Crippen LogP contribution < -0.4 is 5.32 Å². The van der Waals surface area contributed by atoms with Gasteiger partial charge in [0.05, 0.1) is 0 Å². The Morgan fingerprint density at radius 1 is 1.22 bits per heavy atom. The molecule has 0 amide bonds. The van der Waals surface area contributed by atoms with Crippen molar-refractivity contribution in [1.29, 1.82) is 0 Å². The second-order valence-corrected chi connectivity index (χ2v) is 6.49. The molecule has 0 atom stereocenters. The van der Waals surface area contributed by atoms with Crippen molar-refractivity contribution in [1.82, 2.24) is 5.32 Å². The molecular formula is C21H19NO. The number of carbonyl (C=O) groups excluding carboxylic acids is 1. The minimum absolute atomic E-state index is 0.00206. The van der Waals surface area contributed by atoms with Gasteiger partial charge in [-0.1, -0.05) is 42.3 Å². The summed E-state index contributed by atoms with van der Waals surface area (Å²) in [5, 5.41) is 3.48. The number of carbonyl (C=O) groups is 1. The second kappa shape index (κ2) is 5.78. The van der Waals surface area contributed by atoms with Crippen molar-refractivity contribution < 1.29 is 4.79 Å². The minimum Gasteiger partial charge on any atom is -0.379 e. The molecule has 0 radical (unpaired) electrons. The largest absolute Gasteiger partial charge is 0.379 e. The fourth-order valence-electron chi connectivity index (χ4n) is 2.98. The molecule has 0 saturated heterocycles. The number of hydrogen-bond acceptors (Lipinski definition) is 2. The van der Waals surface area contributed by atoms with E-state index in [4.69, 9.17) is 6.42 Å². The number of allylic oxidation sites excluding steroid dienone is 1. The van der Waals surface area contributed by atoms with Gasteiger partial charge in [-0.15, -0.1) is 6.42 Å². The topological polar surface area (TPSA) is 29.1 Å². The number of terminal acetylenes is 1. The van der Waals surface area contributed by atoms with Gasteiger partial charge >= 0.3 is 0 Å². The number of benzene rings is 2. The highest BCUT2D eigenvalue weighted by molar-refractivity contribution is 6.08. The summed E-state index contributed by atoms with van der Waals surface area (Å²) >= 11 is 0. The first-order valence-corrected chi connectivity index (χ1v) is 7.68. The first-order valence-electron chi connectivity index (χ1n) is 7.68. The zero-order valence-corrected chi connectivity index (χ0v) is 13.4. The van der Waals surface area contributed by atoms with Gasteiger partial charge in [-0.05, 0) is 38.0 Å². The van der Waals surface area contributed by atoms with Crippen molar-refractivity contribution in [3.63, 3.8) is 0 Å². The zero-order chi connectivity index (χ0) is 16.4. The standard InChI is InChI=1S/C21H19NO/c1-4-15-10-11-18-17(12-15)14-21(2,3)22-19(18)13-20(23)16-8-6-5-7-9-16/h1,5-13,22H,14H2,2-3H3/b19-13-. The van der Waals surface area contributed by atoms with Crippen LogP contribution in [0.3, 0.4) is 0 Å². The van der Waals surface area contributed by atoms with Crippen molar-refractivity contribution in [2.75, 3.05) is 0 Å². The molecule has 1 aliphatic rings. The van der Waals surface area contributed by atoms with Crippen molar-refractivity contribution in [3.8, 4) is 12.3 Å². The molecule has 3 rings (SSSR count). The predicted octanol–water partition coefficient (Wildman–Crippen LogP) is 3.82. The highest BCUT2D eigenvalue weighted by Gasteiger charge is 2.28. The summed E-state index contributed by atoms with van der Waals surface area (Å²) in [5.41, 5.74) is 4.52. The Labute approximate surface area is 137 Å². The smallest absolute Gasteiger partial charge is 0.187 e. The van der Waals surface area contributed by atoms with E-state index in [-0.39, 0.29) is 11.3 Å². The molecule has 2 aromatic rings. The lowest BCUT2D eigenvalue weighted by Gasteiger charge is -2.35. The average molecular weight is 301 g/mol. The van der Waals surface area contributed by atoms with Crippen LogP contribution in [0.4, 0.5) is 0 Å². The summed E-state index contributed by atoms with van der Waals surface area (Å²) in [6, 6.07) is 15.3. The van der Waals surface area contributed by atoms with Crippen LogP contribution in [0.1, 0.15) is 40.9 Å². The first-order chi connectivity index (χ1) is 11.0. The summed E-state index contributed by atoms with van der Waals surface area (Å²) in [6.07, 6.45) is 8.06. The Balaban J connectivity index is 2.05. The lowest BCUT2D eigenvalue weighted by Crippen LogP contribution is -2.43. The maximum absolute atomic E-state index is 12.5. The lowest BCUT2D eigenvalue weighted by molar-refractivity contribution is 0.104. The number of fused-ring (bicyclic) bond motifs is 1. The van der Waals surface area contributed by atoms with Gasteiger partial charge in [-0.25, -0.2) is 0 Å². The molecular weight excluding hydrogens is 282 g/mol. The fourth-order valence-corrected chi connectivity index (χ4v) is 2.98.